The van der Waals surface area contributed by atoms with Crippen molar-refractivity contribution < 1.29 is 4.79 Å². The fraction of sp³-hybridized carbons (Fsp3) is 0.562. The van der Waals surface area contributed by atoms with E-state index in [1.165, 1.54) is 25.7 Å². The van der Waals surface area contributed by atoms with Gasteiger partial charge in [-0.25, -0.2) is 0 Å². The molecule has 1 aromatic rings. The second-order valence-electron chi connectivity index (χ2n) is 6.14. The maximum absolute atomic E-state index is 10.8. The third kappa shape index (κ3) is 2.51. The minimum atomic E-state index is 0.548. The summed E-state index contributed by atoms with van der Waals surface area (Å²) < 4.78 is 0. The monoisotopic (exact) mass is 277 g/mol. The third-order valence-corrected chi connectivity index (χ3v) is 5.27. The zero-order valence-electron chi connectivity index (χ0n) is 11.3. The fourth-order valence-electron chi connectivity index (χ4n) is 3.91. The van der Waals surface area contributed by atoms with Crippen LogP contribution in [-0.2, 0) is 0 Å². The minimum absolute atomic E-state index is 0.548. The molecule has 3 rings (SSSR count). The molecule has 3 unspecified atom stereocenters. The van der Waals surface area contributed by atoms with Gasteiger partial charge in [-0.2, -0.15) is 0 Å². The molecule has 3 heteroatoms. The maximum atomic E-state index is 10.8. The predicted octanol–water partition coefficient (Wildman–Crippen LogP) is 4.02. The highest BCUT2D eigenvalue weighted by Crippen LogP contribution is 2.48. The first-order valence-electron chi connectivity index (χ1n) is 7.13. The molecule has 0 aliphatic heterocycles. The van der Waals surface area contributed by atoms with Crippen LogP contribution in [0.3, 0.4) is 0 Å². The lowest BCUT2D eigenvalue weighted by molar-refractivity contribution is 0.112. The van der Waals surface area contributed by atoms with E-state index in [0.29, 0.717) is 10.6 Å². The van der Waals surface area contributed by atoms with Gasteiger partial charge in [-0.05, 0) is 55.2 Å². The van der Waals surface area contributed by atoms with Crippen LogP contribution in [0.2, 0.25) is 5.02 Å². The largest absolute Gasteiger partial charge is 0.374 e. The molecule has 102 valence electrons. The van der Waals surface area contributed by atoms with Crippen LogP contribution in [0.1, 0.15) is 36.0 Å². The summed E-state index contributed by atoms with van der Waals surface area (Å²) in [5.41, 5.74) is 1.68. The Balaban J connectivity index is 1.68. The third-order valence-electron chi connectivity index (χ3n) is 4.94. The average molecular weight is 278 g/mol. The zero-order valence-corrected chi connectivity index (χ0v) is 12.1. The first kappa shape index (κ1) is 13.0. The van der Waals surface area contributed by atoms with Crippen LogP contribution in [0.5, 0.6) is 0 Å². The Labute approximate surface area is 119 Å². The highest BCUT2D eigenvalue weighted by Gasteiger charge is 2.39. The average Bonchev–Trinajstić information content (AvgIpc) is 3.00. The van der Waals surface area contributed by atoms with Crippen molar-refractivity contribution in [1.82, 2.24) is 0 Å². The Hall–Kier alpha value is -1.02. The summed E-state index contributed by atoms with van der Waals surface area (Å²) in [7, 11) is 2.12. The molecule has 2 saturated carbocycles. The Morgan fingerprint density at radius 2 is 2.21 bits per heavy atom. The molecular weight excluding hydrogens is 258 g/mol. The fourth-order valence-corrected chi connectivity index (χ4v) is 4.13. The number of nitrogens with zero attached hydrogens (tertiary/aromatic N) is 1. The maximum Gasteiger partial charge on any atom is 0.151 e. The van der Waals surface area contributed by atoms with Crippen molar-refractivity contribution in [3.63, 3.8) is 0 Å². The Morgan fingerprint density at radius 3 is 2.79 bits per heavy atom. The lowest BCUT2D eigenvalue weighted by atomic mass is 9.88. The number of carbonyl (C=O) groups is 1. The van der Waals surface area contributed by atoms with Crippen LogP contribution < -0.4 is 4.90 Å². The molecule has 0 aromatic heterocycles. The first-order valence-corrected chi connectivity index (χ1v) is 7.51. The molecule has 0 N–H and O–H groups in total. The van der Waals surface area contributed by atoms with Crippen LogP contribution in [-0.4, -0.2) is 19.9 Å². The molecule has 2 nitrogen and oxygen atoms in total. The van der Waals surface area contributed by atoms with Crippen LogP contribution >= 0.6 is 11.6 Å². The van der Waals surface area contributed by atoms with Gasteiger partial charge in [0.2, 0.25) is 0 Å². The lowest BCUT2D eigenvalue weighted by Crippen LogP contribution is -2.28. The SMILES string of the molecule is CN(CC1CC2CCC1C2)c1ccc(C=O)c(Cl)c1. The van der Waals surface area contributed by atoms with E-state index >= 15 is 0 Å². The number of fused-ring (bicyclic) bond motifs is 2. The van der Waals surface area contributed by atoms with Gasteiger partial charge in [-0.1, -0.05) is 18.0 Å². The van der Waals surface area contributed by atoms with Crippen LogP contribution in [0, 0.1) is 17.8 Å². The number of rotatable bonds is 4. The van der Waals surface area contributed by atoms with E-state index in [1.54, 1.807) is 0 Å². The normalized spacial score (nSPS) is 28.6. The standard InChI is InChI=1S/C16H20ClNO/c1-18(9-14-7-11-2-3-12(14)6-11)15-5-4-13(10-19)16(17)8-15/h4-5,8,10-12,14H,2-3,6-7,9H2,1H3. The van der Waals surface area contributed by atoms with Gasteiger partial charge in [0, 0.05) is 24.8 Å². The predicted molar refractivity (Wildman–Crippen MR) is 79.0 cm³/mol. The van der Waals surface area contributed by atoms with Gasteiger partial charge in [0.15, 0.2) is 6.29 Å². The number of carbonyl (C=O) groups excluding carboxylic acids is 1. The molecule has 2 fully saturated rings. The molecule has 2 aliphatic carbocycles. The van der Waals surface area contributed by atoms with Crippen LogP contribution in [0.25, 0.3) is 0 Å². The second-order valence-corrected chi connectivity index (χ2v) is 6.55. The summed E-state index contributed by atoms with van der Waals surface area (Å²) in [6.45, 7) is 1.11. The van der Waals surface area contributed by atoms with E-state index in [-0.39, 0.29) is 0 Å². The summed E-state index contributed by atoms with van der Waals surface area (Å²) in [6.07, 6.45) is 6.53. The Kier molecular flexibility index (Phi) is 3.53. The van der Waals surface area contributed by atoms with Crippen molar-refractivity contribution in [2.75, 3.05) is 18.5 Å². The molecule has 0 radical (unpaired) electrons. The highest BCUT2D eigenvalue weighted by atomic mass is 35.5. The summed E-state index contributed by atoms with van der Waals surface area (Å²) >= 11 is 6.10. The van der Waals surface area contributed by atoms with Gasteiger partial charge in [0.1, 0.15) is 0 Å². The number of aldehydes is 1. The first-order chi connectivity index (χ1) is 9.17. The van der Waals surface area contributed by atoms with Crippen molar-refractivity contribution >= 4 is 23.6 Å². The van der Waals surface area contributed by atoms with E-state index in [9.17, 15) is 4.79 Å². The molecule has 0 spiro atoms. The molecule has 0 amide bonds. The zero-order chi connectivity index (χ0) is 13.4. The molecule has 1 aromatic carbocycles. The van der Waals surface area contributed by atoms with Crippen molar-refractivity contribution in [2.24, 2.45) is 17.8 Å². The van der Waals surface area contributed by atoms with Gasteiger partial charge >= 0.3 is 0 Å². The van der Waals surface area contributed by atoms with E-state index in [0.717, 1.165) is 36.3 Å². The molecular formula is C16H20ClNO. The van der Waals surface area contributed by atoms with E-state index in [4.69, 9.17) is 11.6 Å². The molecule has 2 bridgehead atoms. The van der Waals surface area contributed by atoms with E-state index in [2.05, 4.69) is 11.9 Å². The second kappa shape index (κ2) is 5.16. The molecule has 0 heterocycles. The number of anilines is 1. The quantitative estimate of drug-likeness (QED) is 0.775. The molecule has 0 saturated heterocycles. The van der Waals surface area contributed by atoms with Crippen molar-refractivity contribution in [2.45, 2.75) is 25.7 Å². The molecule has 19 heavy (non-hydrogen) atoms. The van der Waals surface area contributed by atoms with Crippen molar-refractivity contribution in [3.05, 3.63) is 28.8 Å². The van der Waals surface area contributed by atoms with Crippen molar-refractivity contribution in [1.29, 1.82) is 0 Å². The van der Waals surface area contributed by atoms with E-state index < -0.39 is 0 Å². The topological polar surface area (TPSA) is 20.3 Å². The lowest BCUT2D eigenvalue weighted by Gasteiger charge is -2.28. The summed E-state index contributed by atoms with van der Waals surface area (Å²) in [4.78, 5) is 13.1. The number of hydrogen-bond acceptors (Lipinski definition) is 2. The van der Waals surface area contributed by atoms with Gasteiger partial charge < -0.3 is 4.90 Å². The van der Waals surface area contributed by atoms with Gasteiger partial charge in [-0.3, -0.25) is 4.79 Å². The summed E-state index contributed by atoms with van der Waals surface area (Å²) in [5, 5.41) is 0.548. The van der Waals surface area contributed by atoms with Gasteiger partial charge in [-0.15, -0.1) is 0 Å². The van der Waals surface area contributed by atoms with Gasteiger partial charge in [0.25, 0.3) is 0 Å². The number of benzene rings is 1. The highest BCUT2D eigenvalue weighted by molar-refractivity contribution is 6.33. The summed E-state index contributed by atoms with van der Waals surface area (Å²) in [5.74, 6) is 2.77. The molecule has 2 aliphatic rings. The number of halogens is 1. The minimum Gasteiger partial charge on any atom is -0.374 e. The number of hydrogen-bond donors (Lipinski definition) is 0. The summed E-state index contributed by atoms with van der Waals surface area (Å²) in [6, 6.07) is 5.70. The Bertz CT molecular complexity index is 488. The van der Waals surface area contributed by atoms with E-state index in [1.807, 2.05) is 18.2 Å². The molecule has 3 atom stereocenters. The van der Waals surface area contributed by atoms with Crippen molar-refractivity contribution in [3.8, 4) is 0 Å². The van der Waals surface area contributed by atoms with Crippen LogP contribution in [0.15, 0.2) is 18.2 Å². The van der Waals surface area contributed by atoms with Gasteiger partial charge in [0.05, 0.1) is 5.02 Å². The Morgan fingerprint density at radius 1 is 1.37 bits per heavy atom. The van der Waals surface area contributed by atoms with Crippen LogP contribution in [0.4, 0.5) is 5.69 Å². The smallest absolute Gasteiger partial charge is 0.151 e.